The summed E-state index contributed by atoms with van der Waals surface area (Å²) >= 11 is 0. The highest BCUT2D eigenvalue weighted by atomic mass is 16.3. The van der Waals surface area contributed by atoms with Crippen LogP contribution in [0.25, 0.3) is 87.3 Å². The molecule has 0 saturated carbocycles. The topological polar surface area (TPSA) is 16.4 Å². The molecule has 0 aliphatic rings. The van der Waals surface area contributed by atoms with Crippen molar-refractivity contribution in [3.63, 3.8) is 0 Å². The van der Waals surface area contributed by atoms with Crippen LogP contribution in [0.15, 0.2) is 205 Å². The Morgan fingerprint density at radius 2 is 0.741 bits per heavy atom. The van der Waals surface area contributed by atoms with E-state index in [9.17, 15) is 0 Å². The van der Waals surface area contributed by atoms with Crippen molar-refractivity contribution in [3.05, 3.63) is 200 Å². The lowest BCUT2D eigenvalue weighted by atomic mass is 9.93. The molecule has 2 heteroatoms. The molecule has 54 heavy (non-hydrogen) atoms. The number of rotatable bonds is 5. The van der Waals surface area contributed by atoms with E-state index in [4.69, 9.17) is 4.42 Å². The first-order chi connectivity index (χ1) is 26.7. The van der Waals surface area contributed by atoms with Crippen molar-refractivity contribution in [2.75, 3.05) is 4.90 Å². The van der Waals surface area contributed by atoms with Gasteiger partial charge in [-0.15, -0.1) is 0 Å². The van der Waals surface area contributed by atoms with Crippen molar-refractivity contribution in [3.8, 4) is 22.3 Å². The predicted octanol–water partition coefficient (Wildman–Crippen LogP) is 15.0. The van der Waals surface area contributed by atoms with Crippen LogP contribution in [0.2, 0.25) is 0 Å². The number of hydrogen-bond acceptors (Lipinski definition) is 2. The molecule has 0 aliphatic carbocycles. The molecule has 10 aromatic carbocycles. The van der Waals surface area contributed by atoms with E-state index in [0.717, 1.165) is 50.1 Å². The summed E-state index contributed by atoms with van der Waals surface area (Å²) < 4.78 is 6.61. The fraction of sp³-hybridized carbons (Fsp3) is 0. The molecule has 0 amide bonds. The van der Waals surface area contributed by atoms with E-state index in [0.29, 0.717) is 0 Å². The predicted molar refractivity (Wildman–Crippen MR) is 229 cm³/mol. The van der Waals surface area contributed by atoms with Crippen molar-refractivity contribution < 1.29 is 4.42 Å². The van der Waals surface area contributed by atoms with Gasteiger partial charge in [-0.2, -0.15) is 0 Å². The third-order valence-corrected chi connectivity index (χ3v) is 10.9. The van der Waals surface area contributed by atoms with Crippen LogP contribution in [-0.4, -0.2) is 0 Å². The van der Waals surface area contributed by atoms with Gasteiger partial charge < -0.3 is 9.32 Å². The van der Waals surface area contributed by atoms with E-state index in [1.54, 1.807) is 0 Å². The summed E-state index contributed by atoms with van der Waals surface area (Å²) in [7, 11) is 0. The first kappa shape index (κ1) is 30.5. The van der Waals surface area contributed by atoms with Gasteiger partial charge >= 0.3 is 0 Å². The van der Waals surface area contributed by atoms with Crippen molar-refractivity contribution >= 4 is 82.1 Å². The molecule has 11 aromatic rings. The fourth-order valence-corrected chi connectivity index (χ4v) is 8.20. The Hall–Kier alpha value is -7.16. The first-order valence-corrected chi connectivity index (χ1v) is 18.5. The summed E-state index contributed by atoms with van der Waals surface area (Å²) in [5.74, 6) is 0. The maximum atomic E-state index is 6.61. The second-order valence-electron chi connectivity index (χ2n) is 14.2. The van der Waals surface area contributed by atoms with Gasteiger partial charge in [-0.1, -0.05) is 133 Å². The van der Waals surface area contributed by atoms with Crippen LogP contribution in [-0.2, 0) is 0 Å². The standard InChI is InChI=1S/C52H33NO/c1-4-12-37-27-41(18-17-34(37)9-1)44-32-49(52-50(33-44)48-15-7-8-16-51(48)54-52)43-20-19-42-31-47(26-23-40(42)28-43)53(45-24-21-35-10-2-5-13-38(35)29-45)46-25-22-36-11-3-6-14-39(36)30-46/h1-33H. The van der Waals surface area contributed by atoms with Crippen LogP contribution in [0.1, 0.15) is 0 Å². The van der Waals surface area contributed by atoms with Crippen molar-refractivity contribution in [2.45, 2.75) is 0 Å². The highest BCUT2D eigenvalue weighted by Gasteiger charge is 2.18. The number of hydrogen-bond donors (Lipinski definition) is 0. The van der Waals surface area contributed by atoms with Gasteiger partial charge in [-0.05, 0) is 127 Å². The molecule has 0 atom stereocenters. The molecule has 252 valence electrons. The van der Waals surface area contributed by atoms with Crippen LogP contribution < -0.4 is 4.90 Å². The molecule has 0 N–H and O–H groups in total. The lowest BCUT2D eigenvalue weighted by Gasteiger charge is -2.26. The Kier molecular flexibility index (Phi) is 6.90. The second-order valence-corrected chi connectivity index (χ2v) is 14.2. The average Bonchev–Trinajstić information content (AvgIpc) is 3.62. The quantitative estimate of drug-likeness (QED) is 0.179. The highest BCUT2D eigenvalue weighted by Crippen LogP contribution is 2.42. The van der Waals surface area contributed by atoms with Crippen LogP contribution in [0, 0.1) is 0 Å². The van der Waals surface area contributed by atoms with Gasteiger partial charge in [0, 0.05) is 33.4 Å². The molecule has 2 nitrogen and oxygen atoms in total. The Morgan fingerprint density at radius 1 is 0.296 bits per heavy atom. The van der Waals surface area contributed by atoms with Gasteiger partial charge in [0.15, 0.2) is 0 Å². The zero-order chi connectivity index (χ0) is 35.6. The molecular weight excluding hydrogens is 655 g/mol. The van der Waals surface area contributed by atoms with Crippen molar-refractivity contribution in [2.24, 2.45) is 0 Å². The van der Waals surface area contributed by atoms with E-state index in [1.165, 1.54) is 54.2 Å². The summed E-state index contributed by atoms with van der Waals surface area (Å²) in [6.45, 7) is 0. The lowest BCUT2D eigenvalue weighted by molar-refractivity contribution is 0.670. The number of fused-ring (bicyclic) bond motifs is 7. The molecule has 0 bridgehead atoms. The smallest absolute Gasteiger partial charge is 0.143 e. The average molecular weight is 688 g/mol. The highest BCUT2D eigenvalue weighted by molar-refractivity contribution is 6.12. The van der Waals surface area contributed by atoms with E-state index >= 15 is 0 Å². The van der Waals surface area contributed by atoms with Crippen LogP contribution >= 0.6 is 0 Å². The summed E-state index contributed by atoms with van der Waals surface area (Å²) in [6, 6.07) is 72.5. The van der Waals surface area contributed by atoms with Gasteiger partial charge in [0.2, 0.25) is 0 Å². The minimum Gasteiger partial charge on any atom is -0.455 e. The van der Waals surface area contributed by atoms with E-state index in [-0.39, 0.29) is 0 Å². The normalized spacial score (nSPS) is 11.7. The van der Waals surface area contributed by atoms with Gasteiger partial charge in [-0.25, -0.2) is 0 Å². The van der Waals surface area contributed by atoms with Crippen molar-refractivity contribution in [1.29, 1.82) is 0 Å². The number of benzene rings is 10. The van der Waals surface area contributed by atoms with E-state index < -0.39 is 0 Å². The number of nitrogens with zero attached hydrogens (tertiary/aromatic N) is 1. The monoisotopic (exact) mass is 687 g/mol. The van der Waals surface area contributed by atoms with Crippen LogP contribution in [0.5, 0.6) is 0 Å². The number of anilines is 3. The molecule has 0 aliphatic heterocycles. The number of furan rings is 1. The minimum absolute atomic E-state index is 0.900. The molecule has 0 saturated heterocycles. The maximum Gasteiger partial charge on any atom is 0.143 e. The maximum absolute atomic E-state index is 6.61. The molecule has 0 unspecified atom stereocenters. The summed E-state index contributed by atoms with van der Waals surface area (Å²) in [5.41, 5.74) is 9.75. The Morgan fingerprint density at radius 3 is 1.39 bits per heavy atom. The molecule has 0 spiro atoms. The van der Waals surface area contributed by atoms with Crippen molar-refractivity contribution in [1.82, 2.24) is 0 Å². The molecule has 0 fully saturated rings. The molecule has 0 radical (unpaired) electrons. The molecule has 11 rings (SSSR count). The van der Waals surface area contributed by atoms with Gasteiger partial charge in [0.25, 0.3) is 0 Å². The third-order valence-electron chi connectivity index (χ3n) is 10.9. The SMILES string of the molecule is c1ccc2cc(-c3cc(-c4ccc5cc(N(c6ccc7ccccc7c6)c6ccc7ccccc7c6)ccc5c4)c4oc5ccccc5c4c3)ccc2c1. The minimum atomic E-state index is 0.900. The zero-order valence-electron chi connectivity index (χ0n) is 29.4. The summed E-state index contributed by atoms with van der Waals surface area (Å²) in [5, 5.41) is 12.0. The largest absolute Gasteiger partial charge is 0.455 e. The van der Waals surface area contributed by atoms with Gasteiger partial charge in [0.05, 0.1) is 0 Å². The first-order valence-electron chi connectivity index (χ1n) is 18.5. The Labute approximate surface area is 312 Å². The summed E-state index contributed by atoms with van der Waals surface area (Å²) in [6.07, 6.45) is 0. The molecule has 1 heterocycles. The summed E-state index contributed by atoms with van der Waals surface area (Å²) in [4.78, 5) is 2.37. The third kappa shape index (κ3) is 5.11. The molecular formula is C52H33NO. The van der Waals surface area contributed by atoms with Crippen LogP contribution in [0.4, 0.5) is 17.1 Å². The Bertz CT molecular complexity index is 3160. The molecule has 1 aromatic heterocycles. The van der Waals surface area contributed by atoms with Crippen LogP contribution in [0.3, 0.4) is 0 Å². The second kappa shape index (κ2) is 12.2. The van der Waals surface area contributed by atoms with Gasteiger partial charge in [0.1, 0.15) is 11.2 Å². The van der Waals surface area contributed by atoms with E-state index in [1.807, 2.05) is 6.07 Å². The lowest BCUT2D eigenvalue weighted by Crippen LogP contribution is -2.10. The van der Waals surface area contributed by atoms with Gasteiger partial charge in [-0.3, -0.25) is 0 Å². The van der Waals surface area contributed by atoms with E-state index in [2.05, 4.69) is 199 Å². The zero-order valence-corrected chi connectivity index (χ0v) is 29.4. The fourth-order valence-electron chi connectivity index (χ4n) is 8.20. The number of para-hydroxylation sites is 1. The Balaban J connectivity index is 1.06.